The van der Waals surface area contributed by atoms with E-state index in [0.29, 0.717) is 26.2 Å². The van der Waals surface area contributed by atoms with Crippen molar-refractivity contribution < 1.29 is 14.3 Å². The molecular weight excluding hydrogens is 292 g/mol. The van der Waals surface area contributed by atoms with E-state index in [-0.39, 0.29) is 11.2 Å². The number of hydrogen-bond acceptors (Lipinski definition) is 7. The Hall–Kier alpha value is -1.28. The molecule has 0 radical (unpaired) electrons. The summed E-state index contributed by atoms with van der Waals surface area (Å²) in [5.74, 6) is 0.625. The topological polar surface area (TPSA) is 69.5 Å². The molecule has 1 saturated heterocycles. The van der Waals surface area contributed by atoms with Gasteiger partial charge < -0.3 is 14.4 Å². The van der Waals surface area contributed by atoms with Crippen LogP contribution >= 0.6 is 11.8 Å². The van der Waals surface area contributed by atoms with Gasteiger partial charge in [0.1, 0.15) is 5.25 Å². The van der Waals surface area contributed by atoms with Crippen LogP contribution in [0, 0.1) is 0 Å². The van der Waals surface area contributed by atoms with Crippen molar-refractivity contribution in [3.05, 3.63) is 0 Å². The molecule has 1 atom stereocenters. The highest BCUT2D eigenvalue weighted by Gasteiger charge is 2.24. The van der Waals surface area contributed by atoms with Crippen molar-refractivity contribution in [1.29, 1.82) is 0 Å². The van der Waals surface area contributed by atoms with Gasteiger partial charge in [-0.1, -0.05) is 18.7 Å². The zero-order valence-electron chi connectivity index (χ0n) is 12.7. The lowest BCUT2D eigenvalue weighted by Crippen LogP contribution is -2.37. The van der Waals surface area contributed by atoms with Gasteiger partial charge in [0.2, 0.25) is 5.95 Å². The Bertz CT molecular complexity index is 474. The summed E-state index contributed by atoms with van der Waals surface area (Å²) in [7, 11) is 1.92. The number of carbonyl (C=O) groups is 1. The van der Waals surface area contributed by atoms with Crippen LogP contribution in [0.25, 0.3) is 0 Å². The summed E-state index contributed by atoms with van der Waals surface area (Å²) in [6, 6.07) is 0. The monoisotopic (exact) mass is 314 g/mol. The Labute approximate surface area is 129 Å². The van der Waals surface area contributed by atoms with Gasteiger partial charge in [0.15, 0.2) is 5.16 Å². The average molecular weight is 314 g/mol. The molecule has 21 heavy (non-hydrogen) atoms. The van der Waals surface area contributed by atoms with Gasteiger partial charge in [-0.2, -0.15) is 0 Å². The number of nitrogens with zero attached hydrogens (tertiary/aromatic N) is 4. The predicted molar refractivity (Wildman–Crippen MR) is 80.6 cm³/mol. The number of morpholine rings is 1. The second-order valence-corrected chi connectivity index (χ2v) is 5.88. The summed E-state index contributed by atoms with van der Waals surface area (Å²) < 4.78 is 12.4. The van der Waals surface area contributed by atoms with Gasteiger partial charge in [-0.3, -0.25) is 9.36 Å². The fourth-order valence-corrected chi connectivity index (χ4v) is 3.02. The van der Waals surface area contributed by atoms with Crippen molar-refractivity contribution in [2.24, 2.45) is 7.05 Å². The van der Waals surface area contributed by atoms with Crippen molar-refractivity contribution in [2.45, 2.75) is 30.7 Å². The SMILES string of the molecule is CCOC(=O)[C@@H](CC)Sc1nnc(N2CCOCC2)n1C. The number of aromatic nitrogens is 3. The molecule has 1 aromatic heterocycles. The smallest absolute Gasteiger partial charge is 0.319 e. The molecule has 0 spiro atoms. The quantitative estimate of drug-likeness (QED) is 0.575. The highest BCUT2D eigenvalue weighted by molar-refractivity contribution is 8.00. The van der Waals surface area contributed by atoms with Gasteiger partial charge >= 0.3 is 5.97 Å². The van der Waals surface area contributed by atoms with E-state index in [9.17, 15) is 4.79 Å². The van der Waals surface area contributed by atoms with Crippen LogP contribution in [0.4, 0.5) is 5.95 Å². The first-order valence-electron chi connectivity index (χ1n) is 7.22. The van der Waals surface area contributed by atoms with E-state index in [1.54, 1.807) is 0 Å². The second kappa shape index (κ2) is 7.65. The molecule has 2 heterocycles. The number of ether oxygens (including phenoxy) is 2. The summed E-state index contributed by atoms with van der Waals surface area (Å²) in [6.07, 6.45) is 0.698. The molecule has 0 unspecified atom stereocenters. The van der Waals surface area contributed by atoms with Gasteiger partial charge in [-0.15, -0.1) is 10.2 Å². The molecule has 2 rings (SSSR count). The van der Waals surface area contributed by atoms with Crippen molar-refractivity contribution in [3.8, 4) is 0 Å². The Morgan fingerprint density at radius 2 is 2.10 bits per heavy atom. The molecule has 1 aromatic rings. The van der Waals surface area contributed by atoms with E-state index in [0.717, 1.165) is 24.2 Å². The third-order valence-corrected chi connectivity index (χ3v) is 4.65. The Morgan fingerprint density at radius 1 is 1.38 bits per heavy atom. The summed E-state index contributed by atoms with van der Waals surface area (Å²) in [5.41, 5.74) is 0. The normalized spacial score (nSPS) is 16.8. The number of esters is 1. The minimum Gasteiger partial charge on any atom is -0.465 e. The molecule has 7 nitrogen and oxygen atoms in total. The van der Waals surface area contributed by atoms with Crippen LogP contribution < -0.4 is 4.90 Å². The van der Waals surface area contributed by atoms with E-state index in [4.69, 9.17) is 9.47 Å². The van der Waals surface area contributed by atoms with Crippen LogP contribution in [-0.2, 0) is 21.3 Å². The highest BCUT2D eigenvalue weighted by atomic mass is 32.2. The number of rotatable bonds is 6. The van der Waals surface area contributed by atoms with E-state index in [2.05, 4.69) is 15.1 Å². The highest BCUT2D eigenvalue weighted by Crippen LogP contribution is 2.27. The molecule has 0 saturated carbocycles. The first-order chi connectivity index (χ1) is 10.2. The Morgan fingerprint density at radius 3 is 2.71 bits per heavy atom. The lowest BCUT2D eigenvalue weighted by molar-refractivity contribution is -0.142. The third-order valence-electron chi connectivity index (χ3n) is 3.27. The van der Waals surface area contributed by atoms with Gasteiger partial charge in [0.05, 0.1) is 19.8 Å². The first-order valence-corrected chi connectivity index (χ1v) is 8.10. The molecule has 0 aromatic carbocycles. The Kier molecular flexibility index (Phi) is 5.86. The zero-order valence-corrected chi connectivity index (χ0v) is 13.6. The summed E-state index contributed by atoms with van der Waals surface area (Å²) in [4.78, 5) is 14.0. The molecule has 0 aliphatic carbocycles. The first kappa shape index (κ1) is 16.1. The van der Waals surface area contributed by atoms with Crippen LogP contribution in [0.1, 0.15) is 20.3 Å². The molecule has 0 bridgehead atoms. The summed E-state index contributed by atoms with van der Waals surface area (Å²) in [6.45, 7) is 7.21. The molecule has 8 heteroatoms. The zero-order chi connectivity index (χ0) is 15.2. The molecule has 0 amide bonds. The van der Waals surface area contributed by atoms with Crippen molar-refractivity contribution >= 4 is 23.7 Å². The van der Waals surface area contributed by atoms with E-state index >= 15 is 0 Å². The van der Waals surface area contributed by atoms with E-state index in [1.807, 2.05) is 25.5 Å². The average Bonchev–Trinajstić information content (AvgIpc) is 2.86. The van der Waals surface area contributed by atoms with E-state index in [1.165, 1.54) is 11.8 Å². The van der Waals surface area contributed by atoms with Crippen LogP contribution in [0.5, 0.6) is 0 Å². The summed E-state index contributed by atoms with van der Waals surface area (Å²) in [5, 5.41) is 8.94. The lowest BCUT2D eigenvalue weighted by Gasteiger charge is -2.27. The number of hydrogen-bond donors (Lipinski definition) is 0. The molecule has 118 valence electrons. The van der Waals surface area contributed by atoms with Crippen LogP contribution in [-0.4, -0.2) is 58.9 Å². The number of anilines is 1. The number of carbonyl (C=O) groups excluding carboxylic acids is 1. The van der Waals surface area contributed by atoms with Gasteiger partial charge in [0.25, 0.3) is 0 Å². The lowest BCUT2D eigenvalue weighted by atomic mass is 10.3. The van der Waals surface area contributed by atoms with Crippen LogP contribution in [0.2, 0.25) is 0 Å². The van der Waals surface area contributed by atoms with Crippen LogP contribution in [0.15, 0.2) is 5.16 Å². The molecule has 1 aliphatic rings. The van der Waals surface area contributed by atoms with Gasteiger partial charge in [0, 0.05) is 20.1 Å². The maximum Gasteiger partial charge on any atom is 0.319 e. The van der Waals surface area contributed by atoms with Crippen LogP contribution in [0.3, 0.4) is 0 Å². The summed E-state index contributed by atoms with van der Waals surface area (Å²) >= 11 is 1.41. The second-order valence-electron chi connectivity index (χ2n) is 4.71. The molecular formula is C13H22N4O3S. The van der Waals surface area contributed by atoms with Gasteiger partial charge in [-0.05, 0) is 13.3 Å². The van der Waals surface area contributed by atoms with Crippen molar-refractivity contribution in [3.63, 3.8) is 0 Å². The van der Waals surface area contributed by atoms with Crippen molar-refractivity contribution in [2.75, 3.05) is 37.8 Å². The maximum absolute atomic E-state index is 11.9. The molecule has 1 aliphatic heterocycles. The maximum atomic E-state index is 11.9. The largest absolute Gasteiger partial charge is 0.465 e. The third kappa shape index (κ3) is 3.88. The van der Waals surface area contributed by atoms with E-state index < -0.39 is 0 Å². The van der Waals surface area contributed by atoms with Crippen molar-refractivity contribution in [1.82, 2.24) is 14.8 Å². The number of thioether (sulfide) groups is 1. The van der Waals surface area contributed by atoms with Gasteiger partial charge in [-0.25, -0.2) is 0 Å². The molecule has 0 N–H and O–H groups in total. The molecule has 1 fully saturated rings. The predicted octanol–water partition coefficient (Wildman–Crippen LogP) is 1.09. The fraction of sp³-hybridized carbons (Fsp3) is 0.769. The minimum atomic E-state index is -0.245. The minimum absolute atomic E-state index is 0.194. The Balaban J connectivity index is 2.06. The standard InChI is InChI=1S/C13H22N4O3S/c1-4-10(11(18)20-5-2)21-13-15-14-12(16(13)3)17-6-8-19-9-7-17/h10H,4-9H2,1-3H3/t10-/m1/s1. The fourth-order valence-electron chi connectivity index (χ4n) is 2.11.